The highest BCUT2D eigenvalue weighted by Crippen LogP contribution is 2.23. The third-order valence-electron chi connectivity index (χ3n) is 2.25. The number of aliphatic hydroxyl groups excluding tert-OH is 2. The van der Waals surface area contributed by atoms with Crippen molar-refractivity contribution in [1.82, 2.24) is 0 Å². The highest BCUT2D eigenvalue weighted by atomic mass is 35.5. The number of hydrogen-bond donors (Lipinski definition) is 2. The van der Waals surface area contributed by atoms with Crippen molar-refractivity contribution in [1.29, 1.82) is 0 Å². The maximum Gasteiger partial charge on any atom is 0.0776 e. The molecule has 2 unspecified atom stereocenters. The Balaban J connectivity index is 2.64. The van der Waals surface area contributed by atoms with Crippen LogP contribution >= 0.6 is 11.6 Å². The van der Waals surface area contributed by atoms with Crippen LogP contribution in [0, 0.1) is 0 Å². The first-order valence-corrected chi connectivity index (χ1v) is 5.05. The van der Waals surface area contributed by atoms with E-state index in [1.54, 1.807) is 0 Å². The summed E-state index contributed by atoms with van der Waals surface area (Å²) in [4.78, 5) is 0. The highest BCUT2D eigenvalue weighted by Gasteiger charge is 2.11. The van der Waals surface area contributed by atoms with E-state index >= 15 is 0 Å². The third-order valence-corrected chi connectivity index (χ3v) is 2.49. The first-order valence-electron chi connectivity index (χ1n) is 4.68. The van der Waals surface area contributed by atoms with Gasteiger partial charge in [-0.1, -0.05) is 30.7 Å². The van der Waals surface area contributed by atoms with Gasteiger partial charge in [-0.3, -0.25) is 0 Å². The Morgan fingerprint density at radius 3 is 2.71 bits per heavy atom. The van der Waals surface area contributed by atoms with Crippen LogP contribution in [0.15, 0.2) is 24.3 Å². The molecule has 0 heterocycles. The van der Waals surface area contributed by atoms with E-state index in [9.17, 15) is 5.11 Å². The van der Waals surface area contributed by atoms with Crippen molar-refractivity contribution in [2.24, 2.45) is 0 Å². The average Bonchev–Trinajstić information content (AvgIpc) is 2.17. The van der Waals surface area contributed by atoms with Gasteiger partial charge < -0.3 is 10.2 Å². The molecule has 2 atom stereocenters. The predicted octanol–water partition coefficient (Wildman–Crippen LogP) is 2.19. The molecular formula is C11H15ClO2. The lowest BCUT2D eigenvalue weighted by molar-refractivity contribution is 0.0835. The minimum atomic E-state index is -0.649. The normalized spacial score (nSPS) is 15.1. The van der Waals surface area contributed by atoms with E-state index in [0.717, 1.165) is 5.56 Å². The topological polar surface area (TPSA) is 40.5 Å². The Morgan fingerprint density at radius 2 is 2.14 bits per heavy atom. The number of rotatable bonds is 4. The van der Waals surface area contributed by atoms with Gasteiger partial charge in [0.15, 0.2) is 0 Å². The molecule has 1 aromatic carbocycles. The van der Waals surface area contributed by atoms with Crippen LogP contribution in [0.4, 0.5) is 0 Å². The summed E-state index contributed by atoms with van der Waals surface area (Å²) in [7, 11) is 0. The van der Waals surface area contributed by atoms with E-state index in [1.807, 2.05) is 31.2 Å². The van der Waals surface area contributed by atoms with E-state index in [4.69, 9.17) is 16.7 Å². The van der Waals surface area contributed by atoms with Crippen LogP contribution in [0.5, 0.6) is 0 Å². The van der Waals surface area contributed by atoms with Crippen molar-refractivity contribution in [3.63, 3.8) is 0 Å². The zero-order chi connectivity index (χ0) is 10.6. The van der Waals surface area contributed by atoms with Crippen LogP contribution < -0.4 is 0 Å². The molecule has 2 N–H and O–H groups in total. The summed E-state index contributed by atoms with van der Waals surface area (Å²) in [6.45, 7) is 1.81. The molecule has 2 nitrogen and oxygen atoms in total. The largest absolute Gasteiger partial charge is 0.394 e. The van der Waals surface area contributed by atoms with Crippen molar-refractivity contribution >= 4 is 11.6 Å². The van der Waals surface area contributed by atoms with Gasteiger partial charge in [0.25, 0.3) is 0 Å². The Bertz CT molecular complexity index is 288. The molecule has 78 valence electrons. The lowest BCUT2D eigenvalue weighted by Crippen LogP contribution is -2.14. The monoisotopic (exact) mass is 214 g/mol. The van der Waals surface area contributed by atoms with Gasteiger partial charge >= 0.3 is 0 Å². The second-order valence-corrected chi connectivity index (χ2v) is 3.96. The van der Waals surface area contributed by atoms with Gasteiger partial charge in [-0.05, 0) is 30.0 Å². The Morgan fingerprint density at radius 1 is 1.43 bits per heavy atom. The predicted molar refractivity (Wildman–Crippen MR) is 57.6 cm³/mol. The molecule has 14 heavy (non-hydrogen) atoms. The smallest absolute Gasteiger partial charge is 0.0776 e. The van der Waals surface area contributed by atoms with Gasteiger partial charge in [0.1, 0.15) is 0 Å². The number of aliphatic hydroxyl groups is 2. The Labute approximate surface area is 89.1 Å². The number of hydrogen-bond acceptors (Lipinski definition) is 2. The van der Waals surface area contributed by atoms with Crippen molar-refractivity contribution in [2.45, 2.75) is 25.4 Å². The number of benzene rings is 1. The van der Waals surface area contributed by atoms with E-state index in [2.05, 4.69) is 0 Å². The first-order chi connectivity index (χ1) is 6.63. The molecule has 0 amide bonds. The van der Waals surface area contributed by atoms with Crippen LogP contribution in [-0.2, 0) is 0 Å². The van der Waals surface area contributed by atoms with Crippen LogP contribution in [0.3, 0.4) is 0 Å². The van der Waals surface area contributed by atoms with E-state index in [1.165, 1.54) is 0 Å². The molecule has 0 aromatic heterocycles. The molecular weight excluding hydrogens is 200 g/mol. The average molecular weight is 215 g/mol. The van der Waals surface area contributed by atoms with Gasteiger partial charge in [-0.15, -0.1) is 0 Å². The molecule has 0 spiro atoms. The molecule has 0 radical (unpaired) electrons. The van der Waals surface area contributed by atoms with Gasteiger partial charge in [-0.2, -0.15) is 0 Å². The highest BCUT2D eigenvalue weighted by molar-refractivity contribution is 6.30. The zero-order valence-corrected chi connectivity index (χ0v) is 8.91. The second-order valence-electron chi connectivity index (χ2n) is 3.53. The van der Waals surface area contributed by atoms with Gasteiger partial charge in [0.05, 0.1) is 12.7 Å². The number of halogens is 1. The van der Waals surface area contributed by atoms with E-state index in [0.29, 0.717) is 11.4 Å². The molecule has 0 saturated heterocycles. The quantitative estimate of drug-likeness (QED) is 0.807. The van der Waals surface area contributed by atoms with Crippen LogP contribution in [-0.4, -0.2) is 22.9 Å². The van der Waals surface area contributed by atoms with Gasteiger partial charge in [0, 0.05) is 5.02 Å². The summed E-state index contributed by atoms with van der Waals surface area (Å²) < 4.78 is 0. The fourth-order valence-corrected chi connectivity index (χ4v) is 1.63. The fraction of sp³-hybridized carbons (Fsp3) is 0.455. The molecule has 0 bridgehead atoms. The fourth-order valence-electron chi connectivity index (χ4n) is 1.43. The lowest BCUT2D eigenvalue weighted by Gasteiger charge is -2.15. The van der Waals surface area contributed by atoms with Crippen LogP contribution in [0.25, 0.3) is 0 Å². The SMILES string of the molecule is CC(CC(O)CO)c1cccc(Cl)c1. The van der Waals surface area contributed by atoms with Crippen molar-refractivity contribution < 1.29 is 10.2 Å². The molecule has 0 fully saturated rings. The van der Waals surface area contributed by atoms with Crippen LogP contribution in [0.2, 0.25) is 5.02 Å². The first kappa shape index (κ1) is 11.5. The van der Waals surface area contributed by atoms with E-state index < -0.39 is 6.10 Å². The molecule has 1 aromatic rings. The molecule has 0 saturated carbocycles. The zero-order valence-electron chi connectivity index (χ0n) is 8.15. The summed E-state index contributed by atoms with van der Waals surface area (Å²) in [6, 6.07) is 7.57. The van der Waals surface area contributed by atoms with Crippen LogP contribution in [0.1, 0.15) is 24.8 Å². The second kappa shape index (κ2) is 5.35. The van der Waals surface area contributed by atoms with E-state index in [-0.39, 0.29) is 12.5 Å². The molecule has 0 aliphatic heterocycles. The molecule has 0 aliphatic carbocycles. The molecule has 1 rings (SSSR count). The molecule has 3 heteroatoms. The maximum atomic E-state index is 9.28. The summed E-state index contributed by atoms with van der Waals surface area (Å²) in [6.07, 6.45) is -0.0967. The Kier molecular flexibility index (Phi) is 4.39. The summed E-state index contributed by atoms with van der Waals surface area (Å²) in [5.41, 5.74) is 1.09. The van der Waals surface area contributed by atoms with Crippen molar-refractivity contribution in [3.8, 4) is 0 Å². The van der Waals surface area contributed by atoms with Gasteiger partial charge in [-0.25, -0.2) is 0 Å². The molecule has 0 aliphatic rings. The van der Waals surface area contributed by atoms with Crippen molar-refractivity contribution in [2.75, 3.05) is 6.61 Å². The minimum Gasteiger partial charge on any atom is -0.394 e. The minimum absolute atomic E-state index is 0.190. The third kappa shape index (κ3) is 3.29. The summed E-state index contributed by atoms with van der Waals surface area (Å²) >= 11 is 5.85. The summed E-state index contributed by atoms with van der Waals surface area (Å²) in [5, 5.41) is 18.7. The maximum absolute atomic E-state index is 9.28. The van der Waals surface area contributed by atoms with Crippen molar-refractivity contribution in [3.05, 3.63) is 34.9 Å². The summed E-state index contributed by atoms with van der Waals surface area (Å²) in [5.74, 6) is 0.204. The standard InChI is InChI=1S/C11H15ClO2/c1-8(5-11(14)7-13)9-3-2-4-10(12)6-9/h2-4,6,8,11,13-14H,5,7H2,1H3. The Hall–Kier alpha value is -0.570. The lowest BCUT2D eigenvalue weighted by atomic mass is 9.95. The van der Waals surface area contributed by atoms with Gasteiger partial charge in [0.2, 0.25) is 0 Å².